The van der Waals surface area contributed by atoms with Crippen molar-refractivity contribution in [2.45, 2.75) is 26.5 Å². The number of aryl methyl sites for hydroxylation is 1. The zero-order valence-electron chi connectivity index (χ0n) is 13.6. The fourth-order valence-electron chi connectivity index (χ4n) is 1.91. The Kier molecular flexibility index (Phi) is 8.46. The molecule has 1 aromatic carbocycles. The van der Waals surface area contributed by atoms with Gasteiger partial charge in [0.15, 0.2) is 5.96 Å². The lowest BCUT2D eigenvalue weighted by Crippen LogP contribution is -2.41. The SMILES string of the molecule is CN=C(NCc1ccon1)NCC(C)Oc1ccccc1C.I. The van der Waals surface area contributed by atoms with Gasteiger partial charge in [0.25, 0.3) is 0 Å². The minimum Gasteiger partial charge on any atom is -0.489 e. The van der Waals surface area contributed by atoms with Gasteiger partial charge in [-0.05, 0) is 25.5 Å². The maximum atomic E-state index is 5.92. The molecule has 1 heterocycles. The van der Waals surface area contributed by atoms with Crippen molar-refractivity contribution in [1.82, 2.24) is 15.8 Å². The first-order chi connectivity index (χ1) is 10.7. The van der Waals surface area contributed by atoms with E-state index in [4.69, 9.17) is 9.26 Å². The number of ether oxygens (including phenoxy) is 1. The summed E-state index contributed by atoms with van der Waals surface area (Å²) in [6, 6.07) is 9.79. The fourth-order valence-corrected chi connectivity index (χ4v) is 1.91. The third kappa shape index (κ3) is 6.47. The second kappa shape index (κ2) is 10.1. The summed E-state index contributed by atoms with van der Waals surface area (Å²) in [5, 5.41) is 10.2. The lowest BCUT2D eigenvalue weighted by Gasteiger charge is -2.18. The normalized spacial score (nSPS) is 12.2. The number of para-hydroxylation sites is 1. The highest BCUT2D eigenvalue weighted by Crippen LogP contribution is 2.17. The van der Waals surface area contributed by atoms with Crippen molar-refractivity contribution < 1.29 is 9.26 Å². The number of halogens is 1. The first kappa shape index (κ1) is 19.3. The number of guanidine groups is 1. The number of aromatic nitrogens is 1. The Morgan fingerprint density at radius 3 is 2.74 bits per heavy atom. The minimum atomic E-state index is 0. The molecule has 0 bridgehead atoms. The third-order valence-corrected chi connectivity index (χ3v) is 3.13. The van der Waals surface area contributed by atoms with Crippen LogP contribution in [0.2, 0.25) is 0 Å². The minimum absolute atomic E-state index is 0. The van der Waals surface area contributed by atoms with Crippen molar-refractivity contribution in [3.05, 3.63) is 47.9 Å². The maximum Gasteiger partial charge on any atom is 0.191 e. The Hall–Kier alpha value is -1.77. The predicted octanol–water partition coefficient (Wildman–Crippen LogP) is 2.73. The van der Waals surface area contributed by atoms with E-state index in [1.54, 1.807) is 13.3 Å². The second-order valence-electron chi connectivity index (χ2n) is 4.99. The topological polar surface area (TPSA) is 71.7 Å². The highest BCUT2D eigenvalue weighted by atomic mass is 127. The smallest absolute Gasteiger partial charge is 0.191 e. The highest BCUT2D eigenvalue weighted by Gasteiger charge is 2.07. The van der Waals surface area contributed by atoms with Crippen molar-refractivity contribution >= 4 is 29.9 Å². The number of nitrogens with zero attached hydrogens (tertiary/aromatic N) is 2. The molecule has 0 aliphatic heterocycles. The Morgan fingerprint density at radius 1 is 1.30 bits per heavy atom. The van der Waals surface area contributed by atoms with Crippen LogP contribution in [0.1, 0.15) is 18.2 Å². The zero-order valence-corrected chi connectivity index (χ0v) is 15.9. The molecule has 1 unspecified atom stereocenters. The Balaban J connectivity index is 0.00000264. The summed E-state index contributed by atoms with van der Waals surface area (Å²) in [6.45, 7) is 5.26. The Bertz CT molecular complexity index is 602. The summed E-state index contributed by atoms with van der Waals surface area (Å²) in [4.78, 5) is 4.16. The van der Waals surface area contributed by atoms with Gasteiger partial charge in [0.1, 0.15) is 23.8 Å². The quantitative estimate of drug-likeness (QED) is 0.419. The molecule has 0 saturated heterocycles. The molecule has 126 valence electrons. The summed E-state index contributed by atoms with van der Waals surface area (Å²) >= 11 is 0. The van der Waals surface area contributed by atoms with Crippen molar-refractivity contribution in [2.24, 2.45) is 4.99 Å². The van der Waals surface area contributed by atoms with Crippen molar-refractivity contribution in [3.8, 4) is 5.75 Å². The molecule has 23 heavy (non-hydrogen) atoms. The Labute approximate surface area is 153 Å². The first-order valence-electron chi connectivity index (χ1n) is 7.25. The molecule has 0 fully saturated rings. The van der Waals surface area contributed by atoms with E-state index in [1.807, 2.05) is 44.2 Å². The molecule has 2 aromatic rings. The molecule has 2 N–H and O–H groups in total. The number of hydrogen-bond donors (Lipinski definition) is 2. The van der Waals surface area contributed by atoms with Crippen LogP contribution in [-0.4, -0.2) is 30.8 Å². The maximum absolute atomic E-state index is 5.92. The zero-order chi connectivity index (χ0) is 15.8. The van der Waals surface area contributed by atoms with Gasteiger partial charge in [-0.15, -0.1) is 24.0 Å². The summed E-state index contributed by atoms with van der Waals surface area (Å²) in [7, 11) is 1.73. The van der Waals surface area contributed by atoms with E-state index in [2.05, 4.69) is 20.8 Å². The van der Waals surface area contributed by atoms with Crippen LogP contribution in [0.5, 0.6) is 5.75 Å². The lowest BCUT2D eigenvalue weighted by atomic mass is 10.2. The summed E-state index contributed by atoms with van der Waals surface area (Å²) in [5.74, 6) is 1.60. The molecule has 0 amide bonds. The van der Waals surface area contributed by atoms with E-state index >= 15 is 0 Å². The molecule has 0 spiro atoms. The molecule has 6 nitrogen and oxygen atoms in total. The van der Waals surface area contributed by atoms with E-state index in [0.717, 1.165) is 17.0 Å². The van der Waals surface area contributed by atoms with Crippen LogP contribution in [0.25, 0.3) is 0 Å². The van der Waals surface area contributed by atoms with Crippen LogP contribution in [0.15, 0.2) is 46.1 Å². The summed E-state index contributed by atoms with van der Waals surface area (Å²) in [6.07, 6.45) is 1.57. The lowest BCUT2D eigenvalue weighted by molar-refractivity contribution is 0.222. The molecular weight excluding hydrogens is 407 g/mol. The summed E-state index contributed by atoms with van der Waals surface area (Å²) in [5.41, 5.74) is 1.95. The molecule has 1 atom stereocenters. The third-order valence-electron chi connectivity index (χ3n) is 3.13. The van der Waals surface area contributed by atoms with Crippen LogP contribution in [-0.2, 0) is 6.54 Å². The average molecular weight is 430 g/mol. The van der Waals surface area contributed by atoms with Gasteiger partial charge < -0.3 is 19.9 Å². The van der Waals surface area contributed by atoms with Gasteiger partial charge in [0.05, 0.1) is 13.1 Å². The van der Waals surface area contributed by atoms with Crippen LogP contribution < -0.4 is 15.4 Å². The largest absolute Gasteiger partial charge is 0.489 e. The van der Waals surface area contributed by atoms with E-state index in [0.29, 0.717) is 19.0 Å². The van der Waals surface area contributed by atoms with Gasteiger partial charge in [-0.1, -0.05) is 23.4 Å². The van der Waals surface area contributed by atoms with Gasteiger partial charge in [-0.3, -0.25) is 4.99 Å². The van der Waals surface area contributed by atoms with Gasteiger partial charge in [0.2, 0.25) is 0 Å². The predicted molar refractivity (Wildman–Crippen MR) is 101 cm³/mol. The molecule has 0 saturated carbocycles. The van der Waals surface area contributed by atoms with Gasteiger partial charge in [-0.2, -0.15) is 0 Å². The number of rotatable bonds is 6. The standard InChI is InChI=1S/C16H22N4O2.HI/c1-12-6-4-5-7-15(12)22-13(2)10-18-16(17-3)19-11-14-8-9-21-20-14;/h4-9,13H,10-11H2,1-3H3,(H2,17,18,19);1H. The molecule has 0 aliphatic carbocycles. The van der Waals surface area contributed by atoms with Crippen molar-refractivity contribution in [2.75, 3.05) is 13.6 Å². The van der Waals surface area contributed by atoms with Crippen LogP contribution in [0.3, 0.4) is 0 Å². The number of nitrogens with one attached hydrogen (secondary N) is 2. The van der Waals surface area contributed by atoms with E-state index in [1.165, 1.54) is 0 Å². The number of benzene rings is 1. The van der Waals surface area contributed by atoms with Gasteiger partial charge in [-0.25, -0.2) is 0 Å². The first-order valence-corrected chi connectivity index (χ1v) is 7.25. The molecule has 2 rings (SSSR count). The monoisotopic (exact) mass is 430 g/mol. The number of aliphatic imine (C=N–C) groups is 1. The Morgan fingerprint density at radius 2 is 2.09 bits per heavy atom. The van der Waals surface area contributed by atoms with Crippen molar-refractivity contribution in [1.29, 1.82) is 0 Å². The van der Waals surface area contributed by atoms with Crippen molar-refractivity contribution in [3.63, 3.8) is 0 Å². The van der Waals surface area contributed by atoms with Gasteiger partial charge >= 0.3 is 0 Å². The molecule has 7 heteroatoms. The molecular formula is C16H23IN4O2. The molecule has 1 aromatic heterocycles. The average Bonchev–Trinajstić information content (AvgIpc) is 3.03. The van der Waals surface area contributed by atoms with Crippen LogP contribution in [0, 0.1) is 6.92 Å². The van der Waals surface area contributed by atoms with Crippen LogP contribution in [0.4, 0.5) is 0 Å². The highest BCUT2D eigenvalue weighted by molar-refractivity contribution is 14.0. The molecule has 0 radical (unpaired) electrons. The fraction of sp³-hybridized carbons (Fsp3) is 0.375. The van der Waals surface area contributed by atoms with E-state index < -0.39 is 0 Å². The summed E-state index contributed by atoms with van der Waals surface area (Å²) < 4.78 is 10.7. The molecule has 0 aliphatic rings. The van der Waals surface area contributed by atoms with Crippen LogP contribution >= 0.6 is 24.0 Å². The number of hydrogen-bond acceptors (Lipinski definition) is 4. The van der Waals surface area contributed by atoms with E-state index in [9.17, 15) is 0 Å². The second-order valence-corrected chi connectivity index (χ2v) is 4.99. The van der Waals surface area contributed by atoms with E-state index in [-0.39, 0.29) is 30.1 Å². The van der Waals surface area contributed by atoms with Gasteiger partial charge in [0, 0.05) is 13.1 Å².